The van der Waals surface area contributed by atoms with E-state index in [0.717, 1.165) is 33.7 Å². The minimum atomic E-state index is 0.724. The monoisotopic (exact) mass is 252 g/mol. The third kappa shape index (κ3) is 1.76. The molecule has 1 aromatic carbocycles. The van der Waals surface area contributed by atoms with Gasteiger partial charge in [-0.25, -0.2) is 4.68 Å². The summed E-state index contributed by atoms with van der Waals surface area (Å²) in [5.74, 6) is 0. The van der Waals surface area contributed by atoms with Gasteiger partial charge in [0.15, 0.2) is 0 Å². The van der Waals surface area contributed by atoms with E-state index in [2.05, 4.69) is 23.9 Å². The van der Waals surface area contributed by atoms with Crippen LogP contribution in [0.2, 0.25) is 0 Å². The number of aromatic nitrogens is 3. The molecule has 19 heavy (non-hydrogen) atoms. The van der Waals surface area contributed by atoms with E-state index in [4.69, 9.17) is 5.73 Å². The van der Waals surface area contributed by atoms with Gasteiger partial charge in [0, 0.05) is 23.0 Å². The maximum atomic E-state index is 5.81. The summed E-state index contributed by atoms with van der Waals surface area (Å²) in [6.45, 7) is 6.20. The minimum absolute atomic E-state index is 0.724. The summed E-state index contributed by atoms with van der Waals surface area (Å²) in [7, 11) is 0. The van der Waals surface area contributed by atoms with Gasteiger partial charge < -0.3 is 5.73 Å². The van der Waals surface area contributed by atoms with Crippen molar-refractivity contribution in [3.05, 3.63) is 47.4 Å². The van der Waals surface area contributed by atoms with Crippen LogP contribution in [0, 0.1) is 20.8 Å². The number of nitrogens with zero attached hydrogens (tertiary/aromatic N) is 3. The summed E-state index contributed by atoms with van der Waals surface area (Å²) >= 11 is 0. The largest absolute Gasteiger partial charge is 0.399 e. The van der Waals surface area contributed by atoms with E-state index < -0.39 is 0 Å². The highest BCUT2D eigenvalue weighted by Crippen LogP contribution is 2.24. The lowest BCUT2D eigenvalue weighted by molar-refractivity contribution is 0.838. The Morgan fingerprint density at radius 1 is 1.11 bits per heavy atom. The van der Waals surface area contributed by atoms with Crippen molar-refractivity contribution in [3.63, 3.8) is 0 Å². The summed E-state index contributed by atoms with van der Waals surface area (Å²) in [6, 6.07) is 7.76. The van der Waals surface area contributed by atoms with Gasteiger partial charge in [-0.2, -0.15) is 5.10 Å². The van der Waals surface area contributed by atoms with Crippen molar-refractivity contribution in [2.75, 3.05) is 5.73 Å². The van der Waals surface area contributed by atoms with Crippen LogP contribution in [-0.2, 0) is 0 Å². The average molecular weight is 252 g/mol. The van der Waals surface area contributed by atoms with Gasteiger partial charge in [0.2, 0.25) is 0 Å². The second-order valence-corrected chi connectivity index (χ2v) is 4.81. The van der Waals surface area contributed by atoms with E-state index in [1.165, 1.54) is 5.56 Å². The minimum Gasteiger partial charge on any atom is -0.399 e. The zero-order chi connectivity index (χ0) is 13.6. The van der Waals surface area contributed by atoms with Crippen LogP contribution in [0.4, 0.5) is 5.69 Å². The second-order valence-electron chi connectivity index (χ2n) is 4.81. The Kier molecular flexibility index (Phi) is 2.52. The summed E-state index contributed by atoms with van der Waals surface area (Å²) in [5, 5.41) is 5.67. The van der Waals surface area contributed by atoms with Gasteiger partial charge in [0.05, 0.1) is 16.9 Å². The first kappa shape index (κ1) is 11.7. The smallest absolute Gasteiger partial charge is 0.0758 e. The number of hydrogen-bond acceptors (Lipinski definition) is 3. The number of nitrogens with two attached hydrogens (primary N) is 1. The molecule has 4 nitrogen and oxygen atoms in total. The summed E-state index contributed by atoms with van der Waals surface area (Å²) in [6.07, 6.45) is 1.79. The van der Waals surface area contributed by atoms with Crippen LogP contribution in [0.3, 0.4) is 0 Å². The van der Waals surface area contributed by atoms with Crippen molar-refractivity contribution in [1.29, 1.82) is 0 Å². The van der Waals surface area contributed by atoms with Gasteiger partial charge >= 0.3 is 0 Å². The van der Waals surface area contributed by atoms with E-state index >= 15 is 0 Å². The predicted octanol–water partition coefficient (Wildman–Crippen LogP) is 2.93. The fraction of sp³-hybridized carbons (Fsp3) is 0.200. The molecule has 0 atom stereocenters. The van der Waals surface area contributed by atoms with Gasteiger partial charge in [-0.05, 0) is 50.6 Å². The SMILES string of the molecule is Cc1nn(-c2ccnc3cc(N)ccc23)c(C)c1C. The number of fused-ring (bicyclic) bond motifs is 1. The first-order valence-electron chi connectivity index (χ1n) is 6.25. The number of aryl methyl sites for hydroxylation is 1. The number of benzene rings is 1. The third-order valence-corrected chi connectivity index (χ3v) is 3.63. The van der Waals surface area contributed by atoms with Crippen molar-refractivity contribution >= 4 is 16.6 Å². The van der Waals surface area contributed by atoms with Gasteiger partial charge in [-0.3, -0.25) is 4.98 Å². The summed E-state index contributed by atoms with van der Waals surface area (Å²) in [4.78, 5) is 4.37. The lowest BCUT2D eigenvalue weighted by Crippen LogP contribution is -2.01. The lowest BCUT2D eigenvalue weighted by Gasteiger charge is -2.08. The maximum Gasteiger partial charge on any atom is 0.0758 e. The Balaban J connectivity index is 2.33. The number of hydrogen-bond donors (Lipinski definition) is 1. The van der Waals surface area contributed by atoms with E-state index in [0.29, 0.717) is 0 Å². The van der Waals surface area contributed by atoms with E-state index in [1.54, 1.807) is 6.20 Å². The van der Waals surface area contributed by atoms with Crippen molar-refractivity contribution in [2.24, 2.45) is 0 Å². The molecular formula is C15H16N4. The van der Waals surface area contributed by atoms with E-state index in [-0.39, 0.29) is 0 Å². The molecule has 0 radical (unpaired) electrons. The molecule has 3 rings (SSSR count). The molecule has 0 bridgehead atoms. The van der Waals surface area contributed by atoms with Crippen molar-refractivity contribution in [3.8, 4) is 5.69 Å². The number of anilines is 1. The molecule has 3 aromatic rings. The van der Waals surface area contributed by atoms with Gasteiger partial charge in [0.25, 0.3) is 0 Å². The second kappa shape index (κ2) is 4.09. The molecule has 0 fully saturated rings. The fourth-order valence-corrected chi connectivity index (χ4v) is 2.29. The lowest BCUT2D eigenvalue weighted by atomic mass is 10.1. The normalized spacial score (nSPS) is 11.1. The first-order valence-corrected chi connectivity index (χ1v) is 6.25. The van der Waals surface area contributed by atoms with E-state index in [9.17, 15) is 0 Å². The fourth-order valence-electron chi connectivity index (χ4n) is 2.29. The number of rotatable bonds is 1. The molecule has 2 aromatic heterocycles. The molecule has 2 N–H and O–H groups in total. The quantitative estimate of drug-likeness (QED) is 0.677. The van der Waals surface area contributed by atoms with Crippen LogP contribution in [0.15, 0.2) is 30.5 Å². The van der Waals surface area contributed by atoms with Crippen LogP contribution in [0.1, 0.15) is 17.0 Å². The Hall–Kier alpha value is -2.36. The van der Waals surface area contributed by atoms with Gasteiger partial charge in [-0.15, -0.1) is 0 Å². The molecule has 0 saturated carbocycles. The molecule has 0 spiro atoms. The van der Waals surface area contributed by atoms with Gasteiger partial charge in [-0.1, -0.05) is 0 Å². The molecule has 2 heterocycles. The molecule has 4 heteroatoms. The Labute approximate surface area is 111 Å². The standard InChI is InChI=1S/C15H16N4/c1-9-10(2)18-19(11(9)3)15-6-7-17-14-8-12(16)4-5-13(14)15/h4-8H,16H2,1-3H3. The van der Waals surface area contributed by atoms with Crippen molar-refractivity contribution in [1.82, 2.24) is 14.8 Å². The summed E-state index contributed by atoms with van der Waals surface area (Å²) in [5.41, 5.74) is 11.9. The zero-order valence-corrected chi connectivity index (χ0v) is 11.3. The maximum absolute atomic E-state index is 5.81. The predicted molar refractivity (Wildman–Crippen MR) is 77.5 cm³/mol. The zero-order valence-electron chi connectivity index (χ0n) is 11.3. The number of pyridine rings is 1. The first-order chi connectivity index (χ1) is 9.08. The highest BCUT2D eigenvalue weighted by molar-refractivity contribution is 5.89. The Bertz CT molecular complexity index is 771. The van der Waals surface area contributed by atoms with Crippen LogP contribution in [0.5, 0.6) is 0 Å². The van der Waals surface area contributed by atoms with Crippen LogP contribution < -0.4 is 5.73 Å². The topological polar surface area (TPSA) is 56.7 Å². The summed E-state index contributed by atoms with van der Waals surface area (Å²) < 4.78 is 1.98. The molecule has 0 aliphatic carbocycles. The molecule has 0 amide bonds. The Morgan fingerprint density at radius 3 is 2.58 bits per heavy atom. The molecule has 0 saturated heterocycles. The molecule has 0 unspecified atom stereocenters. The number of nitrogen functional groups attached to an aromatic ring is 1. The average Bonchev–Trinajstić information content (AvgIpc) is 2.65. The molecule has 0 aliphatic heterocycles. The highest BCUT2D eigenvalue weighted by atomic mass is 15.3. The van der Waals surface area contributed by atoms with Crippen LogP contribution in [0.25, 0.3) is 16.6 Å². The van der Waals surface area contributed by atoms with Crippen molar-refractivity contribution < 1.29 is 0 Å². The molecular weight excluding hydrogens is 236 g/mol. The molecule has 0 aliphatic rings. The molecule has 96 valence electrons. The highest BCUT2D eigenvalue weighted by Gasteiger charge is 2.11. The van der Waals surface area contributed by atoms with Crippen molar-refractivity contribution in [2.45, 2.75) is 20.8 Å². The third-order valence-electron chi connectivity index (χ3n) is 3.63. The van der Waals surface area contributed by atoms with E-state index in [1.807, 2.05) is 35.9 Å². The van der Waals surface area contributed by atoms with Crippen LogP contribution >= 0.6 is 0 Å². The van der Waals surface area contributed by atoms with Gasteiger partial charge in [0.1, 0.15) is 0 Å². The van der Waals surface area contributed by atoms with Crippen LogP contribution in [-0.4, -0.2) is 14.8 Å². The Morgan fingerprint density at radius 2 is 1.89 bits per heavy atom.